The molecule has 2 aromatic rings. The van der Waals surface area contributed by atoms with Crippen molar-refractivity contribution in [3.8, 4) is 0 Å². The van der Waals surface area contributed by atoms with E-state index >= 15 is 0 Å². The van der Waals surface area contributed by atoms with Gasteiger partial charge in [-0.05, 0) is 17.0 Å². The van der Waals surface area contributed by atoms with Gasteiger partial charge in [0.15, 0.2) is 0 Å². The third-order valence-electron chi connectivity index (χ3n) is 3.17. The van der Waals surface area contributed by atoms with Crippen LogP contribution in [0.4, 0.5) is 0 Å². The summed E-state index contributed by atoms with van der Waals surface area (Å²) in [5.74, 6) is 0.488. The zero-order chi connectivity index (χ0) is 12.1. The molecule has 0 unspecified atom stereocenters. The Morgan fingerprint density at radius 2 is 1.24 bits per heavy atom. The molecule has 0 aliphatic rings. The van der Waals surface area contributed by atoms with E-state index in [-0.39, 0.29) is 18.4 Å². The maximum atomic E-state index is 9.43. The first-order valence-corrected chi connectivity index (χ1v) is 6.03. The molecular formula is C16H18O. The van der Waals surface area contributed by atoms with Crippen LogP contribution in [0.5, 0.6) is 0 Å². The van der Waals surface area contributed by atoms with Crippen molar-refractivity contribution >= 4 is 0 Å². The molecule has 0 radical (unpaired) electrons. The fraction of sp³-hybridized carbons (Fsp3) is 0.250. The number of benzene rings is 2. The molecule has 0 saturated carbocycles. The first kappa shape index (κ1) is 11.9. The quantitative estimate of drug-likeness (QED) is 0.846. The van der Waals surface area contributed by atoms with Crippen LogP contribution in [0.1, 0.15) is 24.0 Å². The molecule has 0 spiro atoms. The van der Waals surface area contributed by atoms with E-state index in [4.69, 9.17) is 0 Å². The summed E-state index contributed by atoms with van der Waals surface area (Å²) in [6, 6.07) is 20.8. The van der Waals surface area contributed by atoms with Gasteiger partial charge in [-0.25, -0.2) is 0 Å². The van der Waals surface area contributed by atoms with Crippen molar-refractivity contribution in [1.82, 2.24) is 0 Å². The highest BCUT2D eigenvalue weighted by atomic mass is 16.3. The molecule has 1 nitrogen and oxygen atoms in total. The number of hydrogen-bond acceptors (Lipinski definition) is 1. The molecule has 0 fully saturated rings. The van der Waals surface area contributed by atoms with Gasteiger partial charge in [0.25, 0.3) is 0 Å². The zero-order valence-electron chi connectivity index (χ0n) is 10.1. The number of aliphatic hydroxyl groups excluding tert-OH is 1. The Hall–Kier alpha value is -1.60. The van der Waals surface area contributed by atoms with Gasteiger partial charge in [0, 0.05) is 12.5 Å². The summed E-state index contributed by atoms with van der Waals surface area (Å²) in [5.41, 5.74) is 2.53. The predicted octanol–water partition coefficient (Wildman–Crippen LogP) is 3.45. The molecule has 0 bridgehead atoms. The number of aliphatic hydroxyl groups is 1. The molecule has 1 heteroatoms. The van der Waals surface area contributed by atoms with Crippen LogP contribution in [0, 0.1) is 5.92 Å². The predicted molar refractivity (Wildman–Crippen MR) is 71.0 cm³/mol. The normalized spacial score (nSPS) is 12.6. The van der Waals surface area contributed by atoms with Crippen molar-refractivity contribution in [3.63, 3.8) is 0 Å². The average molecular weight is 226 g/mol. The van der Waals surface area contributed by atoms with Gasteiger partial charge in [-0.15, -0.1) is 0 Å². The Balaban J connectivity index is 2.39. The first-order valence-electron chi connectivity index (χ1n) is 6.03. The third-order valence-corrected chi connectivity index (χ3v) is 3.17. The molecule has 0 aliphatic heterocycles. The van der Waals surface area contributed by atoms with Crippen LogP contribution in [-0.2, 0) is 0 Å². The van der Waals surface area contributed by atoms with E-state index in [1.807, 2.05) is 12.1 Å². The molecule has 0 heterocycles. The van der Waals surface area contributed by atoms with E-state index in [1.165, 1.54) is 11.1 Å². The second-order valence-corrected chi connectivity index (χ2v) is 4.46. The van der Waals surface area contributed by atoms with Gasteiger partial charge < -0.3 is 5.11 Å². The van der Waals surface area contributed by atoms with Gasteiger partial charge in [0.1, 0.15) is 0 Å². The smallest absolute Gasteiger partial charge is 0.0465 e. The van der Waals surface area contributed by atoms with E-state index in [0.717, 1.165) is 0 Å². The zero-order valence-corrected chi connectivity index (χ0v) is 10.1. The molecule has 2 rings (SSSR count). The first-order chi connectivity index (χ1) is 8.33. The third kappa shape index (κ3) is 2.75. The summed E-state index contributed by atoms with van der Waals surface area (Å²) in [4.78, 5) is 0. The average Bonchev–Trinajstić information content (AvgIpc) is 2.41. The lowest BCUT2D eigenvalue weighted by atomic mass is 9.82. The fourth-order valence-corrected chi connectivity index (χ4v) is 2.28. The van der Waals surface area contributed by atoms with E-state index in [2.05, 4.69) is 55.5 Å². The molecule has 0 saturated heterocycles. The Bertz CT molecular complexity index is 396. The second-order valence-electron chi connectivity index (χ2n) is 4.46. The maximum Gasteiger partial charge on any atom is 0.0465 e. The van der Waals surface area contributed by atoms with Gasteiger partial charge in [-0.2, -0.15) is 0 Å². The summed E-state index contributed by atoms with van der Waals surface area (Å²) in [5, 5.41) is 9.43. The van der Waals surface area contributed by atoms with Gasteiger partial charge in [0.2, 0.25) is 0 Å². The van der Waals surface area contributed by atoms with Crippen molar-refractivity contribution in [2.75, 3.05) is 6.61 Å². The van der Waals surface area contributed by atoms with Crippen LogP contribution >= 0.6 is 0 Å². The molecule has 0 aromatic heterocycles. The molecule has 1 atom stereocenters. The van der Waals surface area contributed by atoms with Crippen molar-refractivity contribution in [2.24, 2.45) is 5.92 Å². The minimum absolute atomic E-state index is 0.203. The van der Waals surface area contributed by atoms with Gasteiger partial charge in [-0.3, -0.25) is 0 Å². The van der Waals surface area contributed by atoms with Gasteiger partial charge in [-0.1, -0.05) is 67.6 Å². The van der Waals surface area contributed by atoms with Crippen molar-refractivity contribution in [2.45, 2.75) is 12.8 Å². The summed E-state index contributed by atoms with van der Waals surface area (Å²) in [7, 11) is 0. The van der Waals surface area contributed by atoms with Gasteiger partial charge in [0.05, 0.1) is 0 Å². The highest BCUT2D eigenvalue weighted by molar-refractivity contribution is 5.33. The van der Waals surface area contributed by atoms with Gasteiger partial charge >= 0.3 is 0 Å². The van der Waals surface area contributed by atoms with Crippen molar-refractivity contribution < 1.29 is 5.11 Å². The summed E-state index contributed by atoms with van der Waals surface area (Å²) in [6.45, 7) is 2.29. The Kier molecular flexibility index (Phi) is 3.94. The number of hydrogen-bond donors (Lipinski definition) is 1. The Morgan fingerprint density at radius 1 is 0.824 bits per heavy atom. The van der Waals surface area contributed by atoms with Crippen LogP contribution in [0.25, 0.3) is 0 Å². The maximum absolute atomic E-state index is 9.43. The summed E-state index contributed by atoms with van der Waals surface area (Å²) in [6.07, 6.45) is 0. The molecular weight excluding hydrogens is 208 g/mol. The molecule has 17 heavy (non-hydrogen) atoms. The van der Waals surface area contributed by atoms with Crippen LogP contribution in [-0.4, -0.2) is 11.7 Å². The van der Waals surface area contributed by atoms with Crippen molar-refractivity contribution in [3.05, 3.63) is 71.8 Å². The standard InChI is InChI=1S/C16H18O/c1-13(12-17)16(14-8-4-2-5-9-14)15-10-6-3-7-11-15/h2-11,13,16-17H,12H2,1H3/t13-/m0/s1. The van der Waals surface area contributed by atoms with E-state index in [1.54, 1.807) is 0 Å². The molecule has 1 N–H and O–H groups in total. The lowest BCUT2D eigenvalue weighted by Crippen LogP contribution is -2.14. The fourth-order valence-electron chi connectivity index (χ4n) is 2.28. The lowest BCUT2D eigenvalue weighted by Gasteiger charge is -2.23. The minimum Gasteiger partial charge on any atom is -0.396 e. The van der Waals surface area contributed by atoms with E-state index in [9.17, 15) is 5.11 Å². The second kappa shape index (κ2) is 5.65. The number of rotatable bonds is 4. The van der Waals surface area contributed by atoms with E-state index < -0.39 is 0 Å². The van der Waals surface area contributed by atoms with Crippen LogP contribution in [0.3, 0.4) is 0 Å². The minimum atomic E-state index is 0.203. The lowest BCUT2D eigenvalue weighted by molar-refractivity contribution is 0.225. The monoisotopic (exact) mass is 226 g/mol. The molecule has 0 aliphatic carbocycles. The summed E-state index contributed by atoms with van der Waals surface area (Å²) < 4.78 is 0. The summed E-state index contributed by atoms with van der Waals surface area (Å²) >= 11 is 0. The highest BCUT2D eigenvalue weighted by Crippen LogP contribution is 2.31. The van der Waals surface area contributed by atoms with Crippen LogP contribution in [0.2, 0.25) is 0 Å². The SMILES string of the molecule is C[C@@H](CO)C(c1ccccc1)c1ccccc1. The van der Waals surface area contributed by atoms with Crippen LogP contribution < -0.4 is 0 Å². The molecule has 0 amide bonds. The molecule has 88 valence electrons. The largest absolute Gasteiger partial charge is 0.396 e. The van der Waals surface area contributed by atoms with Crippen molar-refractivity contribution in [1.29, 1.82) is 0 Å². The Labute approximate surface area is 103 Å². The Morgan fingerprint density at radius 3 is 1.59 bits per heavy atom. The van der Waals surface area contributed by atoms with Crippen LogP contribution in [0.15, 0.2) is 60.7 Å². The molecule has 2 aromatic carbocycles. The highest BCUT2D eigenvalue weighted by Gasteiger charge is 2.20. The van der Waals surface area contributed by atoms with E-state index in [0.29, 0.717) is 0 Å². The topological polar surface area (TPSA) is 20.2 Å².